The van der Waals surface area contributed by atoms with Crippen LogP contribution in [0.5, 0.6) is 5.75 Å². The van der Waals surface area contributed by atoms with Crippen LogP contribution in [0.1, 0.15) is 22.7 Å². The van der Waals surface area contributed by atoms with Gasteiger partial charge in [0.05, 0.1) is 18.3 Å². The Bertz CT molecular complexity index is 1240. The molecule has 2 aromatic carbocycles. The molecule has 0 fully saturated rings. The normalized spacial score (nSPS) is 11.9. The highest BCUT2D eigenvalue weighted by atomic mass is 32.2. The van der Waals surface area contributed by atoms with Gasteiger partial charge in [-0.25, -0.2) is 9.37 Å². The molecule has 4 rings (SSSR count). The van der Waals surface area contributed by atoms with Gasteiger partial charge in [0.15, 0.2) is 0 Å². The first kappa shape index (κ1) is 23.6. The van der Waals surface area contributed by atoms with E-state index in [-0.39, 0.29) is 18.1 Å². The highest BCUT2D eigenvalue weighted by Crippen LogP contribution is 2.30. The lowest BCUT2D eigenvalue weighted by Crippen LogP contribution is -2.05. The Morgan fingerprint density at radius 3 is 2.62 bits per heavy atom. The highest BCUT2D eigenvalue weighted by molar-refractivity contribution is 7.99. The van der Waals surface area contributed by atoms with E-state index in [9.17, 15) is 17.6 Å². The Kier molecular flexibility index (Phi) is 7.31. The first-order chi connectivity index (χ1) is 16.4. The second-order valence-electron chi connectivity index (χ2n) is 7.02. The van der Waals surface area contributed by atoms with Crippen LogP contribution in [-0.4, -0.2) is 25.7 Å². The van der Waals surface area contributed by atoms with Crippen molar-refractivity contribution in [3.8, 4) is 5.75 Å². The van der Waals surface area contributed by atoms with Gasteiger partial charge in [-0.3, -0.25) is 4.68 Å². The lowest BCUT2D eigenvalue weighted by atomic mass is 10.1. The molecule has 6 nitrogen and oxygen atoms in total. The second kappa shape index (κ2) is 10.6. The average Bonchev–Trinajstić information content (AvgIpc) is 3.49. The van der Waals surface area contributed by atoms with Crippen molar-refractivity contribution in [1.82, 2.24) is 20.0 Å². The smallest absolute Gasteiger partial charge is 0.416 e. The summed E-state index contributed by atoms with van der Waals surface area (Å²) < 4.78 is 64.6. The van der Waals surface area contributed by atoms with Gasteiger partial charge in [0, 0.05) is 28.5 Å². The fourth-order valence-electron chi connectivity index (χ4n) is 2.86. The van der Waals surface area contributed by atoms with Gasteiger partial charge in [-0.2, -0.15) is 13.2 Å². The van der Waals surface area contributed by atoms with Gasteiger partial charge in [-0.15, -0.1) is 16.9 Å². The van der Waals surface area contributed by atoms with Crippen LogP contribution in [0.4, 0.5) is 17.6 Å². The largest absolute Gasteiger partial charge is 0.487 e. The fourth-order valence-corrected chi connectivity index (χ4v) is 3.71. The van der Waals surface area contributed by atoms with Gasteiger partial charge >= 0.3 is 6.18 Å². The van der Waals surface area contributed by atoms with E-state index in [1.807, 2.05) is 30.5 Å². The van der Waals surface area contributed by atoms with Crippen LogP contribution in [0.25, 0.3) is 12.2 Å². The molecule has 4 aromatic rings. The van der Waals surface area contributed by atoms with E-state index in [1.165, 1.54) is 18.4 Å². The van der Waals surface area contributed by atoms with Crippen LogP contribution in [0, 0.1) is 5.82 Å². The van der Waals surface area contributed by atoms with Crippen LogP contribution in [0.2, 0.25) is 0 Å². The van der Waals surface area contributed by atoms with Crippen molar-refractivity contribution < 1.29 is 26.7 Å². The molecule has 2 heterocycles. The third-order valence-electron chi connectivity index (χ3n) is 4.57. The molecule has 0 unspecified atom stereocenters. The molecule has 0 saturated heterocycles. The van der Waals surface area contributed by atoms with Crippen LogP contribution in [0.3, 0.4) is 0 Å². The zero-order valence-electron chi connectivity index (χ0n) is 17.6. The van der Waals surface area contributed by atoms with Crippen molar-refractivity contribution in [2.45, 2.75) is 24.2 Å². The summed E-state index contributed by atoms with van der Waals surface area (Å²) in [6.45, 7) is 0.919. The molecule has 34 heavy (non-hydrogen) atoms. The topological polar surface area (TPSA) is 66.0 Å². The van der Waals surface area contributed by atoms with Crippen molar-refractivity contribution in [2.75, 3.05) is 5.75 Å². The Hall–Kier alpha value is -3.60. The number of nitrogens with zero attached hydrogens (tertiary/aromatic N) is 4. The predicted molar refractivity (Wildman–Crippen MR) is 118 cm³/mol. The Morgan fingerprint density at radius 2 is 1.91 bits per heavy atom. The van der Waals surface area contributed by atoms with Crippen molar-refractivity contribution >= 4 is 23.9 Å². The number of aryl methyl sites for hydroxylation is 1. The number of hydrogen-bond acceptors (Lipinski definition) is 6. The van der Waals surface area contributed by atoms with Crippen molar-refractivity contribution in [3.05, 3.63) is 89.7 Å². The molecule has 0 amide bonds. The third kappa shape index (κ3) is 6.47. The maximum Gasteiger partial charge on any atom is 0.416 e. The number of halogens is 4. The van der Waals surface area contributed by atoms with Gasteiger partial charge < -0.3 is 9.15 Å². The number of benzene rings is 2. The minimum atomic E-state index is -4.60. The molecule has 176 valence electrons. The highest BCUT2D eigenvalue weighted by Gasteiger charge is 2.30. The quantitative estimate of drug-likeness (QED) is 0.213. The molecular weight excluding hydrogens is 472 g/mol. The van der Waals surface area contributed by atoms with Gasteiger partial charge in [0.1, 0.15) is 30.1 Å². The molecule has 2 aromatic heterocycles. The summed E-state index contributed by atoms with van der Waals surface area (Å²) in [5.74, 6) is 0.709. The molecule has 0 radical (unpaired) electrons. The number of oxazole rings is 1. The van der Waals surface area contributed by atoms with Crippen molar-refractivity contribution in [2.24, 2.45) is 0 Å². The van der Waals surface area contributed by atoms with Crippen LogP contribution in [0.15, 0.2) is 70.4 Å². The summed E-state index contributed by atoms with van der Waals surface area (Å²) in [5, 5.41) is 7.69. The Labute approximate surface area is 196 Å². The molecule has 0 saturated carbocycles. The Balaban J connectivity index is 1.27. The summed E-state index contributed by atoms with van der Waals surface area (Å²) in [4.78, 5) is 5.31. The molecule has 0 atom stereocenters. The van der Waals surface area contributed by atoms with E-state index in [2.05, 4.69) is 15.3 Å². The maximum absolute atomic E-state index is 13.9. The van der Waals surface area contributed by atoms with Crippen molar-refractivity contribution in [3.63, 3.8) is 0 Å². The molecule has 0 bridgehead atoms. The number of alkyl halides is 3. The number of hydrogen-bond donors (Lipinski definition) is 0. The first-order valence-corrected chi connectivity index (χ1v) is 11.0. The number of thioether (sulfide) groups is 1. The van der Waals surface area contributed by atoms with E-state index in [0.29, 0.717) is 17.5 Å². The standard InChI is InChI=1S/C23H18F4N4O2S/c24-21-13-17(23(25,26)27)3-1-16(21)2-8-22-29-18(15-33-22)14-32-19-4-6-20(7-5-19)34-12-11-31-10-9-28-30-31/h1-10,13,15H,11-12,14H2/b8-2+. The monoisotopic (exact) mass is 490 g/mol. The van der Waals surface area contributed by atoms with Crippen LogP contribution in [-0.2, 0) is 19.3 Å². The SMILES string of the molecule is Fc1cc(C(F)(F)F)ccc1/C=C/c1nc(COc2ccc(SCCn3ccnn3)cc2)co1. The molecule has 0 N–H and O–H groups in total. The molecule has 11 heteroatoms. The van der Waals surface area contributed by atoms with E-state index < -0.39 is 17.6 Å². The maximum atomic E-state index is 13.9. The molecule has 0 spiro atoms. The van der Waals surface area contributed by atoms with Gasteiger partial charge in [-0.1, -0.05) is 11.3 Å². The van der Waals surface area contributed by atoms with Crippen LogP contribution < -0.4 is 4.74 Å². The van der Waals surface area contributed by atoms with Gasteiger partial charge in [0.25, 0.3) is 0 Å². The minimum Gasteiger partial charge on any atom is -0.487 e. The fraction of sp³-hybridized carbons (Fsp3) is 0.174. The number of rotatable bonds is 9. The second-order valence-corrected chi connectivity index (χ2v) is 8.19. The summed E-state index contributed by atoms with van der Waals surface area (Å²) in [6.07, 6.45) is 2.93. The predicted octanol–water partition coefficient (Wildman–Crippen LogP) is 5.97. The van der Waals surface area contributed by atoms with E-state index in [4.69, 9.17) is 9.15 Å². The summed E-state index contributed by atoms with van der Waals surface area (Å²) >= 11 is 1.69. The van der Waals surface area contributed by atoms with Crippen molar-refractivity contribution in [1.29, 1.82) is 0 Å². The van der Waals surface area contributed by atoms with E-state index in [0.717, 1.165) is 29.3 Å². The minimum absolute atomic E-state index is 0.0109. The Morgan fingerprint density at radius 1 is 1.09 bits per heavy atom. The zero-order valence-corrected chi connectivity index (χ0v) is 18.4. The number of aromatic nitrogens is 4. The first-order valence-electron chi connectivity index (χ1n) is 10.1. The molecule has 0 aliphatic rings. The van der Waals surface area contributed by atoms with E-state index >= 15 is 0 Å². The van der Waals surface area contributed by atoms with Gasteiger partial charge in [-0.05, 0) is 42.5 Å². The zero-order chi connectivity index (χ0) is 24.0. The summed E-state index contributed by atoms with van der Waals surface area (Å²) in [6, 6.07) is 9.94. The van der Waals surface area contributed by atoms with Crippen LogP contribution >= 0.6 is 11.8 Å². The average molecular weight is 490 g/mol. The molecule has 0 aliphatic heterocycles. The lowest BCUT2D eigenvalue weighted by Gasteiger charge is -2.07. The lowest BCUT2D eigenvalue weighted by molar-refractivity contribution is -0.137. The molecular formula is C23H18F4N4O2S. The summed E-state index contributed by atoms with van der Waals surface area (Å²) in [5.41, 5.74) is -0.543. The van der Waals surface area contributed by atoms with Gasteiger partial charge in [0.2, 0.25) is 5.89 Å². The molecule has 0 aliphatic carbocycles. The summed E-state index contributed by atoms with van der Waals surface area (Å²) in [7, 11) is 0. The van der Waals surface area contributed by atoms with E-state index in [1.54, 1.807) is 22.6 Å². The third-order valence-corrected chi connectivity index (χ3v) is 5.57. The number of ether oxygens (including phenoxy) is 1.